The lowest BCUT2D eigenvalue weighted by Gasteiger charge is -2.18. The van der Waals surface area contributed by atoms with Crippen molar-refractivity contribution in [1.29, 1.82) is 0 Å². The first-order chi connectivity index (χ1) is 14.9. The average molecular weight is 434 g/mol. The zero-order chi connectivity index (χ0) is 21.6. The molecule has 0 bridgehead atoms. The largest absolute Gasteiger partial charge is 0.495 e. The van der Waals surface area contributed by atoms with Crippen molar-refractivity contribution in [1.82, 2.24) is 4.98 Å². The van der Waals surface area contributed by atoms with Crippen LogP contribution in [0.15, 0.2) is 54.6 Å². The van der Waals surface area contributed by atoms with Crippen molar-refractivity contribution in [3.63, 3.8) is 0 Å². The van der Waals surface area contributed by atoms with Gasteiger partial charge in [-0.15, -0.1) is 0 Å². The molecule has 6 nitrogen and oxygen atoms in total. The molecule has 0 fully saturated rings. The highest BCUT2D eigenvalue weighted by Crippen LogP contribution is 2.41. The zero-order valence-corrected chi connectivity index (χ0v) is 18.2. The summed E-state index contributed by atoms with van der Waals surface area (Å²) >= 11 is 0. The number of benzene rings is 3. The molecule has 0 unspecified atom stereocenters. The SMILES string of the molecule is COc1ccc(NS(C)(=O)=O)cc1Nc1c2ccccc2nc2ccc3c(c12)CCC3. The Balaban J connectivity index is 1.75. The molecule has 31 heavy (non-hydrogen) atoms. The van der Waals surface area contributed by atoms with Crippen molar-refractivity contribution < 1.29 is 13.2 Å². The second kappa shape index (κ2) is 7.42. The topological polar surface area (TPSA) is 80.3 Å². The van der Waals surface area contributed by atoms with Gasteiger partial charge in [-0.05, 0) is 60.7 Å². The van der Waals surface area contributed by atoms with Crippen molar-refractivity contribution in [2.75, 3.05) is 23.4 Å². The number of fused-ring (bicyclic) bond motifs is 4. The second-order valence-electron chi connectivity index (χ2n) is 7.87. The van der Waals surface area contributed by atoms with E-state index in [9.17, 15) is 8.42 Å². The molecule has 5 rings (SSSR count). The lowest BCUT2D eigenvalue weighted by Crippen LogP contribution is -2.10. The molecular formula is C24H23N3O3S. The molecule has 1 aliphatic rings. The predicted molar refractivity (Wildman–Crippen MR) is 126 cm³/mol. The quantitative estimate of drug-likeness (QED) is 0.433. The molecule has 0 aliphatic heterocycles. The van der Waals surface area contributed by atoms with Gasteiger partial charge in [-0.1, -0.05) is 24.3 Å². The minimum absolute atomic E-state index is 0.471. The van der Waals surface area contributed by atoms with Crippen LogP contribution in [-0.4, -0.2) is 26.8 Å². The third kappa shape index (κ3) is 3.65. The third-order valence-electron chi connectivity index (χ3n) is 5.69. The molecule has 0 amide bonds. The summed E-state index contributed by atoms with van der Waals surface area (Å²) in [4.78, 5) is 4.90. The lowest BCUT2D eigenvalue weighted by molar-refractivity contribution is 0.417. The molecule has 1 aliphatic carbocycles. The minimum atomic E-state index is -3.39. The molecule has 4 aromatic rings. The molecule has 0 saturated carbocycles. The van der Waals surface area contributed by atoms with Crippen LogP contribution in [0.2, 0.25) is 0 Å². The first-order valence-electron chi connectivity index (χ1n) is 10.2. The Bertz CT molecular complexity index is 1430. The maximum atomic E-state index is 11.7. The fraction of sp³-hybridized carbons (Fsp3) is 0.208. The van der Waals surface area contributed by atoms with Crippen LogP contribution in [-0.2, 0) is 22.9 Å². The van der Waals surface area contributed by atoms with Crippen molar-refractivity contribution >= 4 is 48.9 Å². The van der Waals surface area contributed by atoms with Crippen LogP contribution in [0.5, 0.6) is 5.75 Å². The summed E-state index contributed by atoms with van der Waals surface area (Å²) in [7, 11) is -1.79. The van der Waals surface area contributed by atoms with Gasteiger partial charge >= 0.3 is 0 Å². The van der Waals surface area contributed by atoms with Crippen molar-refractivity contribution in [2.24, 2.45) is 0 Å². The molecule has 1 aromatic heterocycles. The number of methoxy groups -OCH3 is 1. The normalized spacial score (nSPS) is 13.4. The number of aromatic nitrogens is 1. The molecule has 2 N–H and O–H groups in total. The number of nitrogens with zero attached hydrogens (tertiary/aromatic N) is 1. The van der Waals surface area contributed by atoms with Crippen LogP contribution in [0, 0.1) is 0 Å². The van der Waals surface area contributed by atoms with Gasteiger partial charge in [0.05, 0.1) is 41.5 Å². The Hall–Kier alpha value is -3.32. The molecule has 3 aromatic carbocycles. The van der Waals surface area contributed by atoms with Crippen LogP contribution in [0.25, 0.3) is 21.8 Å². The van der Waals surface area contributed by atoms with Crippen molar-refractivity contribution in [3.8, 4) is 5.75 Å². The minimum Gasteiger partial charge on any atom is -0.495 e. The Morgan fingerprint density at radius 2 is 1.84 bits per heavy atom. The highest BCUT2D eigenvalue weighted by molar-refractivity contribution is 7.92. The Morgan fingerprint density at radius 1 is 1.00 bits per heavy atom. The van der Waals surface area contributed by atoms with E-state index in [0.29, 0.717) is 17.1 Å². The van der Waals surface area contributed by atoms with Gasteiger partial charge in [-0.2, -0.15) is 0 Å². The number of hydrogen-bond donors (Lipinski definition) is 2. The summed E-state index contributed by atoms with van der Waals surface area (Å²) < 4.78 is 31.6. The number of ether oxygens (including phenoxy) is 1. The van der Waals surface area contributed by atoms with E-state index >= 15 is 0 Å². The van der Waals surface area contributed by atoms with E-state index in [2.05, 4.69) is 28.2 Å². The maximum absolute atomic E-state index is 11.7. The van der Waals surface area contributed by atoms with Gasteiger partial charge in [-0.25, -0.2) is 13.4 Å². The summed E-state index contributed by atoms with van der Waals surface area (Å²) in [6.07, 6.45) is 4.37. The molecule has 0 spiro atoms. The van der Waals surface area contributed by atoms with Crippen LogP contribution in [0.1, 0.15) is 17.5 Å². The Morgan fingerprint density at radius 3 is 2.65 bits per heavy atom. The first kappa shape index (κ1) is 19.6. The Labute approximate surface area is 181 Å². The van der Waals surface area contributed by atoms with E-state index in [0.717, 1.165) is 53.0 Å². The third-order valence-corrected chi connectivity index (χ3v) is 6.29. The molecule has 158 valence electrons. The standard InChI is InChI=1S/C24H23N3O3S/c1-30-22-13-11-16(27-31(2,28)29)14-21(22)26-24-18-7-3-4-9-19(18)25-20-12-10-15-6-5-8-17(15)23(20)24/h3-4,7,9-14,27H,5-6,8H2,1-2H3,(H,25,26). The summed E-state index contributed by atoms with van der Waals surface area (Å²) in [5, 5.41) is 5.70. The van der Waals surface area contributed by atoms with Gasteiger partial charge in [0.2, 0.25) is 10.0 Å². The highest BCUT2D eigenvalue weighted by atomic mass is 32.2. The summed E-state index contributed by atoms with van der Waals surface area (Å²) in [6.45, 7) is 0. The predicted octanol–water partition coefficient (Wildman–Crippen LogP) is 5.00. The smallest absolute Gasteiger partial charge is 0.229 e. The van der Waals surface area contributed by atoms with Crippen molar-refractivity contribution in [2.45, 2.75) is 19.3 Å². The van der Waals surface area contributed by atoms with Crippen LogP contribution < -0.4 is 14.8 Å². The van der Waals surface area contributed by atoms with Gasteiger partial charge in [0.25, 0.3) is 0 Å². The number of aryl methyl sites for hydroxylation is 2. The van der Waals surface area contributed by atoms with Gasteiger partial charge in [0.15, 0.2) is 0 Å². The van der Waals surface area contributed by atoms with Gasteiger partial charge < -0.3 is 10.1 Å². The van der Waals surface area contributed by atoms with Gasteiger partial charge in [0.1, 0.15) is 5.75 Å². The van der Waals surface area contributed by atoms with E-state index in [4.69, 9.17) is 9.72 Å². The monoisotopic (exact) mass is 433 g/mol. The molecule has 0 saturated heterocycles. The van der Waals surface area contributed by atoms with Gasteiger partial charge in [-0.3, -0.25) is 4.72 Å². The molecule has 1 heterocycles. The van der Waals surface area contributed by atoms with E-state index < -0.39 is 10.0 Å². The zero-order valence-electron chi connectivity index (χ0n) is 17.4. The fourth-order valence-corrected chi connectivity index (χ4v) is 4.98. The number of pyridine rings is 1. The second-order valence-corrected chi connectivity index (χ2v) is 9.62. The number of rotatable bonds is 5. The molecule has 7 heteroatoms. The highest BCUT2D eigenvalue weighted by Gasteiger charge is 2.20. The molecule has 0 radical (unpaired) electrons. The number of hydrogen-bond acceptors (Lipinski definition) is 5. The number of sulfonamides is 1. The fourth-order valence-electron chi connectivity index (χ4n) is 4.42. The summed E-state index contributed by atoms with van der Waals surface area (Å²) in [5.41, 5.74) is 6.68. The van der Waals surface area contributed by atoms with Crippen LogP contribution in [0.4, 0.5) is 17.1 Å². The maximum Gasteiger partial charge on any atom is 0.229 e. The summed E-state index contributed by atoms with van der Waals surface area (Å²) in [6, 6.07) is 17.5. The van der Waals surface area contributed by atoms with E-state index in [1.807, 2.05) is 18.2 Å². The average Bonchev–Trinajstić information content (AvgIpc) is 3.21. The van der Waals surface area contributed by atoms with Crippen LogP contribution in [0.3, 0.4) is 0 Å². The molecule has 0 atom stereocenters. The Kier molecular flexibility index (Phi) is 4.70. The van der Waals surface area contributed by atoms with Gasteiger partial charge in [0, 0.05) is 10.8 Å². The molecular weight excluding hydrogens is 410 g/mol. The van der Waals surface area contributed by atoms with E-state index in [1.54, 1.807) is 25.3 Å². The van der Waals surface area contributed by atoms with E-state index in [1.165, 1.54) is 11.1 Å². The van der Waals surface area contributed by atoms with Crippen LogP contribution >= 0.6 is 0 Å². The van der Waals surface area contributed by atoms with E-state index in [-0.39, 0.29) is 0 Å². The van der Waals surface area contributed by atoms with Crippen molar-refractivity contribution in [3.05, 3.63) is 65.7 Å². The first-order valence-corrected chi connectivity index (χ1v) is 12.1. The number of anilines is 3. The lowest BCUT2D eigenvalue weighted by atomic mass is 9.99. The number of para-hydroxylation sites is 1. The summed E-state index contributed by atoms with van der Waals surface area (Å²) in [5.74, 6) is 0.626. The number of nitrogens with one attached hydrogen (secondary N) is 2.